The average Bonchev–Trinajstić information content (AvgIpc) is 3.21. The SMILES string of the molecule is C[C@H](C(=O)Nc1ccc(F)cc1)N1C(=O)[C@@H]2[C@H]3C[C@@H]([C@@H](Br)[C@H]3Br)[C@H]2C1=O. The van der Waals surface area contributed by atoms with Crippen LogP contribution in [-0.2, 0) is 14.4 Å². The van der Waals surface area contributed by atoms with E-state index in [9.17, 15) is 18.8 Å². The van der Waals surface area contributed by atoms with Crippen LogP contribution in [0.3, 0.4) is 0 Å². The van der Waals surface area contributed by atoms with Gasteiger partial charge in [-0.3, -0.25) is 19.3 Å². The number of halogens is 3. The Labute approximate surface area is 166 Å². The number of alkyl halides is 2. The summed E-state index contributed by atoms with van der Waals surface area (Å²) in [5, 5.41) is 2.64. The Morgan fingerprint density at radius 3 is 2.12 bits per heavy atom. The number of anilines is 1. The first-order chi connectivity index (χ1) is 12.3. The summed E-state index contributed by atoms with van der Waals surface area (Å²) in [4.78, 5) is 39.8. The second-order valence-electron chi connectivity index (χ2n) is 7.22. The third-order valence-electron chi connectivity index (χ3n) is 5.90. The Hall–Kier alpha value is -1.28. The molecule has 2 bridgehead atoms. The van der Waals surface area contributed by atoms with Gasteiger partial charge in [-0.15, -0.1) is 0 Å². The molecule has 4 rings (SSSR count). The maximum atomic E-state index is 13.0. The second-order valence-corrected chi connectivity index (χ2v) is 9.34. The van der Waals surface area contributed by atoms with E-state index < -0.39 is 17.8 Å². The highest BCUT2D eigenvalue weighted by molar-refractivity contribution is 9.12. The summed E-state index contributed by atoms with van der Waals surface area (Å²) < 4.78 is 13.0. The first-order valence-corrected chi connectivity index (χ1v) is 10.4. The molecule has 2 aliphatic carbocycles. The normalized spacial score (nSPS) is 36.4. The molecule has 0 aromatic heterocycles. The van der Waals surface area contributed by atoms with Crippen molar-refractivity contribution in [2.75, 3.05) is 5.32 Å². The minimum absolute atomic E-state index is 0.114. The summed E-state index contributed by atoms with van der Waals surface area (Å²) in [6.45, 7) is 1.55. The van der Waals surface area contributed by atoms with Gasteiger partial charge >= 0.3 is 0 Å². The monoisotopic (exact) mass is 486 g/mol. The van der Waals surface area contributed by atoms with E-state index in [0.29, 0.717) is 5.69 Å². The molecular weight excluding hydrogens is 471 g/mol. The van der Waals surface area contributed by atoms with Crippen LogP contribution >= 0.6 is 31.9 Å². The van der Waals surface area contributed by atoms with Crippen LogP contribution in [-0.4, -0.2) is 38.3 Å². The molecule has 8 heteroatoms. The van der Waals surface area contributed by atoms with Gasteiger partial charge in [0.2, 0.25) is 17.7 Å². The smallest absolute Gasteiger partial charge is 0.247 e. The van der Waals surface area contributed by atoms with Gasteiger partial charge in [-0.1, -0.05) is 31.9 Å². The van der Waals surface area contributed by atoms with Crippen molar-refractivity contribution in [1.82, 2.24) is 4.90 Å². The van der Waals surface area contributed by atoms with E-state index in [2.05, 4.69) is 37.2 Å². The van der Waals surface area contributed by atoms with Gasteiger partial charge in [0, 0.05) is 15.3 Å². The van der Waals surface area contributed by atoms with Gasteiger partial charge in [-0.25, -0.2) is 4.39 Å². The number of nitrogens with zero attached hydrogens (tertiary/aromatic N) is 1. The molecule has 1 N–H and O–H groups in total. The molecule has 138 valence electrons. The topological polar surface area (TPSA) is 66.5 Å². The number of hydrogen-bond acceptors (Lipinski definition) is 3. The second kappa shape index (κ2) is 6.41. The quantitative estimate of drug-likeness (QED) is 0.526. The van der Waals surface area contributed by atoms with Crippen molar-refractivity contribution >= 4 is 55.3 Å². The van der Waals surface area contributed by atoms with E-state index in [1.54, 1.807) is 6.92 Å². The summed E-state index contributed by atoms with van der Waals surface area (Å²) >= 11 is 7.28. The average molecular weight is 488 g/mol. The highest BCUT2D eigenvalue weighted by Crippen LogP contribution is 2.60. The van der Waals surface area contributed by atoms with Crippen molar-refractivity contribution < 1.29 is 18.8 Å². The van der Waals surface area contributed by atoms with Crippen molar-refractivity contribution in [3.63, 3.8) is 0 Å². The number of carbonyl (C=O) groups is 3. The lowest BCUT2D eigenvalue weighted by Gasteiger charge is -2.28. The molecule has 3 fully saturated rings. The molecule has 0 spiro atoms. The Morgan fingerprint density at radius 1 is 1.12 bits per heavy atom. The molecule has 0 radical (unpaired) electrons. The number of likely N-dealkylation sites (tertiary alicyclic amines) is 1. The minimum Gasteiger partial charge on any atom is -0.324 e. The third kappa shape index (κ3) is 2.56. The molecule has 26 heavy (non-hydrogen) atoms. The van der Waals surface area contributed by atoms with E-state index in [1.165, 1.54) is 24.3 Å². The number of hydrogen-bond donors (Lipinski definition) is 1. The van der Waals surface area contributed by atoms with Crippen molar-refractivity contribution in [2.24, 2.45) is 23.7 Å². The number of nitrogens with one attached hydrogen (secondary N) is 1. The molecule has 1 aliphatic heterocycles. The van der Waals surface area contributed by atoms with E-state index in [-0.39, 0.29) is 45.1 Å². The minimum atomic E-state index is -0.910. The molecule has 0 unspecified atom stereocenters. The van der Waals surface area contributed by atoms with Gasteiger partial charge in [0.1, 0.15) is 11.9 Å². The van der Waals surface area contributed by atoms with Crippen molar-refractivity contribution in [2.45, 2.75) is 29.0 Å². The lowest BCUT2D eigenvalue weighted by atomic mass is 9.81. The highest BCUT2D eigenvalue weighted by atomic mass is 79.9. The lowest BCUT2D eigenvalue weighted by molar-refractivity contribution is -0.146. The predicted octanol–water partition coefficient (Wildman–Crippen LogP) is 2.93. The molecule has 7 atom stereocenters. The fraction of sp³-hybridized carbons (Fsp3) is 0.500. The fourth-order valence-electron chi connectivity index (χ4n) is 4.65. The largest absolute Gasteiger partial charge is 0.324 e. The van der Waals surface area contributed by atoms with Gasteiger partial charge in [0.25, 0.3) is 0 Å². The predicted molar refractivity (Wildman–Crippen MR) is 100 cm³/mol. The van der Waals surface area contributed by atoms with Gasteiger partial charge < -0.3 is 5.32 Å². The first-order valence-electron chi connectivity index (χ1n) is 8.52. The summed E-state index contributed by atoms with van der Waals surface area (Å²) in [5.74, 6) is -1.82. The number of carbonyl (C=O) groups excluding carboxylic acids is 3. The van der Waals surface area contributed by atoms with E-state index in [0.717, 1.165) is 11.3 Å². The van der Waals surface area contributed by atoms with Crippen LogP contribution < -0.4 is 5.32 Å². The highest BCUT2D eigenvalue weighted by Gasteiger charge is 2.67. The molecule has 1 aromatic rings. The van der Waals surface area contributed by atoms with E-state index >= 15 is 0 Å². The Bertz CT molecular complexity index is 755. The Balaban J connectivity index is 1.53. The molecule has 3 aliphatic rings. The molecule has 2 saturated carbocycles. The number of imide groups is 1. The summed E-state index contributed by atoms with van der Waals surface area (Å²) in [6.07, 6.45) is 0.850. The first kappa shape index (κ1) is 18.1. The summed E-state index contributed by atoms with van der Waals surface area (Å²) in [6, 6.07) is 4.44. The summed E-state index contributed by atoms with van der Waals surface area (Å²) in [5.41, 5.74) is 0.420. The molecule has 1 aromatic carbocycles. The van der Waals surface area contributed by atoms with Crippen LogP contribution in [0.25, 0.3) is 0 Å². The zero-order valence-electron chi connectivity index (χ0n) is 13.9. The van der Waals surface area contributed by atoms with Crippen LogP contribution in [0, 0.1) is 29.5 Å². The molecule has 1 heterocycles. The Kier molecular flexibility index (Phi) is 4.46. The number of amides is 3. The van der Waals surface area contributed by atoms with Crippen LogP contribution in [0.5, 0.6) is 0 Å². The molecule has 3 amide bonds. The number of fused-ring (bicyclic) bond motifs is 5. The maximum Gasteiger partial charge on any atom is 0.247 e. The van der Waals surface area contributed by atoms with Crippen LogP contribution in [0.2, 0.25) is 0 Å². The van der Waals surface area contributed by atoms with Crippen LogP contribution in [0.1, 0.15) is 13.3 Å². The van der Waals surface area contributed by atoms with Crippen molar-refractivity contribution in [3.8, 4) is 0 Å². The number of rotatable bonds is 3. The third-order valence-corrected chi connectivity index (χ3v) is 9.11. The molecular formula is C18H17Br2FN2O3. The standard InChI is InChI=1S/C18H17Br2FN2O3/c1-7(16(24)22-9-4-2-8(21)3-5-9)23-17(25)12-10-6-11(13(12)18(23)26)15(20)14(10)19/h2-5,7,10-15H,6H2,1H3,(H,22,24)/t7-,10-,11-,12-,13-,14-,15+/m1/s1. The zero-order valence-corrected chi connectivity index (χ0v) is 17.0. The summed E-state index contributed by atoms with van der Waals surface area (Å²) in [7, 11) is 0. The van der Waals surface area contributed by atoms with Crippen molar-refractivity contribution in [1.29, 1.82) is 0 Å². The van der Waals surface area contributed by atoms with E-state index in [1.807, 2.05) is 0 Å². The van der Waals surface area contributed by atoms with Crippen LogP contribution in [0.15, 0.2) is 24.3 Å². The van der Waals surface area contributed by atoms with Gasteiger partial charge in [0.05, 0.1) is 11.8 Å². The maximum absolute atomic E-state index is 13.0. The van der Waals surface area contributed by atoms with Crippen molar-refractivity contribution in [3.05, 3.63) is 30.1 Å². The molecule has 5 nitrogen and oxygen atoms in total. The lowest BCUT2D eigenvalue weighted by Crippen LogP contribution is -2.46. The number of benzene rings is 1. The fourth-order valence-corrected chi connectivity index (χ4v) is 6.52. The van der Waals surface area contributed by atoms with Gasteiger partial charge in [-0.05, 0) is 49.4 Å². The Morgan fingerprint density at radius 2 is 1.62 bits per heavy atom. The van der Waals surface area contributed by atoms with Gasteiger partial charge in [-0.2, -0.15) is 0 Å². The zero-order chi connectivity index (χ0) is 18.7. The van der Waals surface area contributed by atoms with E-state index in [4.69, 9.17) is 0 Å². The van der Waals surface area contributed by atoms with Gasteiger partial charge in [0.15, 0.2) is 0 Å². The molecule has 1 saturated heterocycles. The van der Waals surface area contributed by atoms with Crippen LogP contribution in [0.4, 0.5) is 10.1 Å².